The number of amides is 1. The fourth-order valence-corrected chi connectivity index (χ4v) is 2.78. The van der Waals surface area contributed by atoms with Gasteiger partial charge in [0.1, 0.15) is 0 Å². The Labute approximate surface area is 120 Å². The van der Waals surface area contributed by atoms with Crippen LogP contribution in [0.1, 0.15) is 37.6 Å². The van der Waals surface area contributed by atoms with Crippen molar-refractivity contribution in [3.63, 3.8) is 0 Å². The minimum atomic E-state index is 0.00748. The van der Waals surface area contributed by atoms with Crippen LogP contribution in [0.5, 0.6) is 0 Å². The molecule has 5 heteroatoms. The lowest BCUT2D eigenvalue weighted by Gasteiger charge is -2.27. The summed E-state index contributed by atoms with van der Waals surface area (Å²) in [5.74, 6) is 1.40. The molecule has 0 aliphatic carbocycles. The fourth-order valence-electron chi connectivity index (χ4n) is 2.78. The Morgan fingerprint density at radius 1 is 1.45 bits per heavy atom. The van der Waals surface area contributed by atoms with E-state index in [1.807, 2.05) is 19.9 Å². The molecular weight excluding hydrogens is 252 g/mol. The number of nitrogens with zero attached hydrogens (tertiary/aromatic N) is 2. The number of nitrogens with one attached hydrogen (secondary N) is 2. The summed E-state index contributed by atoms with van der Waals surface area (Å²) in [6.07, 6.45) is 2.95. The van der Waals surface area contributed by atoms with Gasteiger partial charge < -0.3 is 5.32 Å². The zero-order valence-electron chi connectivity index (χ0n) is 12.6. The normalized spacial score (nSPS) is 20.4. The first kappa shape index (κ1) is 14.9. The highest BCUT2D eigenvalue weighted by molar-refractivity contribution is 5.89. The van der Waals surface area contributed by atoms with E-state index in [0.717, 1.165) is 24.5 Å². The summed E-state index contributed by atoms with van der Waals surface area (Å²) < 4.78 is 0. The molecule has 0 saturated carbocycles. The predicted molar refractivity (Wildman–Crippen MR) is 79.5 cm³/mol. The van der Waals surface area contributed by atoms with Crippen molar-refractivity contribution in [1.29, 1.82) is 0 Å². The molecule has 1 aliphatic heterocycles. The number of rotatable bonds is 4. The molecule has 0 radical (unpaired) electrons. The molecule has 2 atom stereocenters. The summed E-state index contributed by atoms with van der Waals surface area (Å²) in [6.45, 7) is 8.08. The molecule has 2 rings (SSSR count). The van der Waals surface area contributed by atoms with Gasteiger partial charge in [-0.05, 0) is 57.7 Å². The zero-order valence-corrected chi connectivity index (χ0v) is 12.6. The maximum Gasteiger partial charge on any atom is 0.229 e. The SMILES string of the molecule is Cc1cc(C)nc(NC(=O)CC(C)C2CCCNC2)n1. The Morgan fingerprint density at radius 2 is 2.15 bits per heavy atom. The lowest BCUT2D eigenvalue weighted by Crippen LogP contribution is -2.34. The van der Waals surface area contributed by atoms with Crippen molar-refractivity contribution in [2.24, 2.45) is 11.8 Å². The van der Waals surface area contributed by atoms with E-state index >= 15 is 0 Å². The number of hydrogen-bond donors (Lipinski definition) is 2. The summed E-state index contributed by atoms with van der Waals surface area (Å²) in [6, 6.07) is 1.89. The van der Waals surface area contributed by atoms with E-state index < -0.39 is 0 Å². The van der Waals surface area contributed by atoms with Gasteiger partial charge in [0, 0.05) is 17.8 Å². The van der Waals surface area contributed by atoms with Crippen LogP contribution in [-0.4, -0.2) is 29.0 Å². The maximum absolute atomic E-state index is 12.1. The van der Waals surface area contributed by atoms with Gasteiger partial charge in [0.25, 0.3) is 0 Å². The molecule has 20 heavy (non-hydrogen) atoms. The Hall–Kier alpha value is -1.49. The van der Waals surface area contributed by atoms with Crippen molar-refractivity contribution in [2.75, 3.05) is 18.4 Å². The van der Waals surface area contributed by atoms with Crippen LogP contribution in [0, 0.1) is 25.7 Å². The van der Waals surface area contributed by atoms with Crippen LogP contribution in [0.3, 0.4) is 0 Å². The monoisotopic (exact) mass is 276 g/mol. The molecular formula is C15H24N4O. The number of aromatic nitrogens is 2. The van der Waals surface area contributed by atoms with Crippen LogP contribution >= 0.6 is 0 Å². The van der Waals surface area contributed by atoms with Gasteiger partial charge in [-0.25, -0.2) is 9.97 Å². The molecule has 2 N–H and O–H groups in total. The standard InChI is InChI=1S/C15H24N4O/c1-10(13-5-4-6-16-9-13)7-14(20)19-15-17-11(2)8-12(3)18-15/h8,10,13,16H,4-7,9H2,1-3H3,(H,17,18,19,20). The largest absolute Gasteiger partial charge is 0.316 e. The minimum absolute atomic E-state index is 0.00748. The lowest BCUT2D eigenvalue weighted by molar-refractivity contribution is -0.117. The fraction of sp³-hybridized carbons (Fsp3) is 0.667. The van der Waals surface area contributed by atoms with Crippen molar-refractivity contribution < 1.29 is 4.79 Å². The highest BCUT2D eigenvalue weighted by Gasteiger charge is 2.22. The molecule has 2 unspecified atom stereocenters. The van der Waals surface area contributed by atoms with Gasteiger partial charge in [-0.1, -0.05) is 6.92 Å². The molecule has 0 bridgehead atoms. The zero-order chi connectivity index (χ0) is 14.5. The van der Waals surface area contributed by atoms with Crippen LogP contribution in [-0.2, 0) is 4.79 Å². The number of carbonyl (C=O) groups is 1. The minimum Gasteiger partial charge on any atom is -0.316 e. The van der Waals surface area contributed by atoms with Crippen molar-refractivity contribution in [1.82, 2.24) is 15.3 Å². The van der Waals surface area contributed by atoms with Crippen LogP contribution in [0.15, 0.2) is 6.07 Å². The van der Waals surface area contributed by atoms with E-state index in [1.54, 1.807) is 0 Å². The number of aryl methyl sites for hydroxylation is 2. The van der Waals surface area contributed by atoms with Gasteiger partial charge in [0.05, 0.1) is 0 Å². The molecule has 1 aromatic heterocycles. The summed E-state index contributed by atoms with van der Waals surface area (Å²) in [4.78, 5) is 20.6. The van der Waals surface area contributed by atoms with Gasteiger partial charge in [-0.2, -0.15) is 0 Å². The Morgan fingerprint density at radius 3 is 2.75 bits per heavy atom. The average molecular weight is 276 g/mol. The summed E-state index contributed by atoms with van der Waals surface area (Å²) in [5.41, 5.74) is 1.75. The smallest absolute Gasteiger partial charge is 0.229 e. The number of anilines is 1. The highest BCUT2D eigenvalue weighted by atomic mass is 16.1. The molecule has 1 amide bonds. The first-order chi connectivity index (χ1) is 9.54. The Bertz CT molecular complexity index is 449. The number of piperidine rings is 1. The second kappa shape index (κ2) is 6.79. The van der Waals surface area contributed by atoms with Gasteiger partial charge >= 0.3 is 0 Å². The molecule has 5 nitrogen and oxygen atoms in total. The quantitative estimate of drug-likeness (QED) is 0.883. The third-order valence-corrected chi connectivity index (χ3v) is 3.88. The lowest BCUT2D eigenvalue weighted by atomic mass is 9.85. The summed E-state index contributed by atoms with van der Waals surface area (Å²) in [7, 11) is 0. The van der Waals surface area contributed by atoms with Gasteiger partial charge in [-0.15, -0.1) is 0 Å². The van der Waals surface area contributed by atoms with E-state index in [-0.39, 0.29) is 5.91 Å². The molecule has 1 aliphatic rings. The van der Waals surface area contributed by atoms with E-state index in [2.05, 4.69) is 27.5 Å². The van der Waals surface area contributed by atoms with Crippen molar-refractivity contribution in [3.05, 3.63) is 17.5 Å². The second-order valence-electron chi connectivity index (χ2n) is 5.81. The second-order valence-corrected chi connectivity index (χ2v) is 5.81. The summed E-state index contributed by atoms with van der Waals surface area (Å²) in [5, 5.41) is 6.21. The molecule has 0 spiro atoms. The Kier molecular flexibility index (Phi) is 5.06. The van der Waals surface area contributed by atoms with Gasteiger partial charge in [0.2, 0.25) is 11.9 Å². The van der Waals surface area contributed by atoms with Crippen LogP contribution in [0.25, 0.3) is 0 Å². The van der Waals surface area contributed by atoms with Crippen LogP contribution in [0.2, 0.25) is 0 Å². The van der Waals surface area contributed by atoms with Crippen molar-refractivity contribution >= 4 is 11.9 Å². The Balaban J connectivity index is 1.88. The first-order valence-corrected chi connectivity index (χ1v) is 7.37. The van der Waals surface area contributed by atoms with E-state index in [9.17, 15) is 4.79 Å². The number of carbonyl (C=O) groups excluding carboxylic acids is 1. The van der Waals surface area contributed by atoms with Crippen molar-refractivity contribution in [3.8, 4) is 0 Å². The molecule has 1 saturated heterocycles. The van der Waals surface area contributed by atoms with E-state index in [4.69, 9.17) is 0 Å². The number of hydrogen-bond acceptors (Lipinski definition) is 4. The van der Waals surface area contributed by atoms with Gasteiger partial charge in [-0.3, -0.25) is 10.1 Å². The third-order valence-electron chi connectivity index (χ3n) is 3.88. The molecule has 1 fully saturated rings. The van der Waals surface area contributed by atoms with Gasteiger partial charge in [0.15, 0.2) is 0 Å². The molecule has 1 aromatic rings. The van der Waals surface area contributed by atoms with Crippen LogP contribution < -0.4 is 10.6 Å². The molecule has 0 aromatic carbocycles. The first-order valence-electron chi connectivity index (χ1n) is 7.37. The van der Waals surface area contributed by atoms with E-state index in [0.29, 0.717) is 24.2 Å². The molecule has 110 valence electrons. The maximum atomic E-state index is 12.1. The van der Waals surface area contributed by atoms with Crippen molar-refractivity contribution in [2.45, 2.75) is 40.0 Å². The third kappa shape index (κ3) is 4.27. The predicted octanol–water partition coefficient (Wildman–Crippen LogP) is 2.06. The average Bonchev–Trinajstić information content (AvgIpc) is 2.38. The van der Waals surface area contributed by atoms with E-state index in [1.165, 1.54) is 12.8 Å². The highest BCUT2D eigenvalue weighted by Crippen LogP contribution is 2.22. The molecule has 2 heterocycles. The topological polar surface area (TPSA) is 66.9 Å². The summed E-state index contributed by atoms with van der Waals surface area (Å²) >= 11 is 0. The van der Waals surface area contributed by atoms with Crippen LogP contribution in [0.4, 0.5) is 5.95 Å².